The Balaban J connectivity index is 1.26. The molecule has 7 rings (SSSR count). The molecule has 2 aromatic rings. The molecule has 36 heavy (non-hydrogen) atoms. The maximum Gasteiger partial charge on any atom is 0.410 e. The molecule has 0 saturated heterocycles. The Morgan fingerprint density at radius 2 is 1.81 bits per heavy atom. The minimum Gasteiger partial charge on any atom is -0.496 e. The van der Waals surface area contributed by atoms with Gasteiger partial charge in [0.25, 0.3) is 5.91 Å². The number of para-hydroxylation sites is 1. The number of nitrogens with zero attached hydrogens (tertiary/aromatic N) is 2. The van der Waals surface area contributed by atoms with E-state index in [4.69, 9.17) is 16.3 Å². The van der Waals surface area contributed by atoms with Crippen LogP contribution in [-0.2, 0) is 0 Å². The molecule has 6 nitrogen and oxygen atoms in total. The molecule has 1 amide bonds. The lowest BCUT2D eigenvalue weighted by atomic mass is 9.49. The highest BCUT2D eigenvalue weighted by atomic mass is 35.5. The Kier molecular flexibility index (Phi) is 5.70. The molecule has 1 aromatic heterocycles. The van der Waals surface area contributed by atoms with Gasteiger partial charge in [0.05, 0.1) is 13.2 Å². The minimum atomic E-state index is -4.57. The molecule has 0 radical (unpaired) electrons. The van der Waals surface area contributed by atoms with E-state index < -0.39 is 24.2 Å². The zero-order valence-electron chi connectivity index (χ0n) is 20.1. The molecule has 2 atom stereocenters. The maximum absolute atomic E-state index is 14.1. The summed E-state index contributed by atoms with van der Waals surface area (Å²) in [5.74, 6) is 2.17. The van der Waals surface area contributed by atoms with Crippen molar-refractivity contribution in [1.82, 2.24) is 15.1 Å². The van der Waals surface area contributed by atoms with Gasteiger partial charge in [-0.15, -0.1) is 0 Å². The predicted octanol–water partition coefficient (Wildman–Crippen LogP) is 6.15. The Morgan fingerprint density at radius 1 is 1.17 bits per heavy atom. The van der Waals surface area contributed by atoms with Gasteiger partial charge in [0, 0.05) is 18.5 Å². The fraction of sp³-hybridized carbons (Fsp3) is 0.615. The van der Waals surface area contributed by atoms with Crippen LogP contribution in [0.4, 0.5) is 19.0 Å². The van der Waals surface area contributed by atoms with Crippen LogP contribution >= 0.6 is 11.6 Å². The summed E-state index contributed by atoms with van der Waals surface area (Å²) in [6.45, 7) is 0.522. The van der Waals surface area contributed by atoms with Gasteiger partial charge in [-0.1, -0.05) is 29.8 Å². The Morgan fingerprint density at radius 3 is 2.42 bits per heavy atom. The number of hydrogen-bond donors (Lipinski definition) is 2. The summed E-state index contributed by atoms with van der Waals surface area (Å²) in [4.78, 5) is 13.2. The lowest BCUT2D eigenvalue weighted by Gasteiger charge is -2.56. The quantitative estimate of drug-likeness (QED) is 0.494. The first-order valence-electron chi connectivity index (χ1n) is 12.7. The molecular weight excluding hydrogens is 493 g/mol. The van der Waals surface area contributed by atoms with Crippen LogP contribution in [0.1, 0.15) is 73.1 Å². The summed E-state index contributed by atoms with van der Waals surface area (Å²) >= 11 is 6.53. The number of fused-ring (bicyclic) bond motifs is 1. The van der Waals surface area contributed by atoms with Crippen molar-refractivity contribution in [2.24, 2.45) is 23.2 Å². The first-order chi connectivity index (χ1) is 17.2. The Bertz CT molecular complexity index is 1150. The molecule has 4 saturated carbocycles. The van der Waals surface area contributed by atoms with Crippen LogP contribution in [0.25, 0.3) is 0 Å². The van der Waals surface area contributed by atoms with Gasteiger partial charge in [-0.3, -0.25) is 4.79 Å². The SMILES string of the molecule is COc1ccccc1[C@H]1C[C@H](C(F)(F)F)n2nc(C(=O)NCC34CC5CC(CC(C5)C3)C4)c(Cl)c2N1. The van der Waals surface area contributed by atoms with E-state index in [9.17, 15) is 18.0 Å². The average Bonchev–Trinajstić information content (AvgIpc) is 3.17. The third kappa shape index (κ3) is 4.03. The molecule has 0 unspecified atom stereocenters. The molecule has 194 valence electrons. The van der Waals surface area contributed by atoms with Gasteiger partial charge in [-0.25, -0.2) is 4.68 Å². The van der Waals surface area contributed by atoms with E-state index in [1.54, 1.807) is 24.3 Å². The number of ether oxygens (including phenoxy) is 1. The standard InChI is InChI=1S/C26H30ClF3N4O2/c1-36-19-5-3-2-4-17(19)18-9-20(26(28,29)30)34-23(32-18)21(27)22(33-34)24(35)31-13-25-10-14-6-15(11-25)8-16(7-14)12-25/h2-5,14-16,18,20,32H,6-13H2,1H3,(H,31,35)/t14?,15?,16?,18-,20-,25?/m1/s1. The lowest BCUT2D eigenvalue weighted by molar-refractivity contribution is -0.173. The van der Waals surface area contributed by atoms with E-state index in [0.717, 1.165) is 41.7 Å². The second-order valence-corrected chi connectivity index (χ2v) is 11.7. The van der Waals surface area contributed by atoms with Crippen LogP contribution in [0.5, 0.6) is 5.75 Å². The fourth-order valence-corrected chi connectivity index (χ4v) is 8.02. The second kappa shape index (κ2) is 8.57. The average molecular weight is 523 g/mol. The van der Waals surface area contributed by atoms with Gasteiger partial charge in [0.2, 0.25) is 0 Å². The van der Waals surface area contributed by atoms with Gasteiger partial charge >= 0.3 is 6.18 Å². The van der Waals surface area contributed by atoms with Crippen LogP contribution in [0.15, 0.2) is 24.3 Å². The molecule has 4 bridgehead atoms. The highest BCUT2D eigenvalue weighted by Crippen LogP contribution is 2.59. The summed E-state index contributed by atoms with van der Waals surface area (Å²) in [6, 6.07) is 4.30. The van der Waals surface area contributed by atoms with Crippen molar-refractivity contribution in [2.45, 2.75) is 63.2 Å². The van der Waals surface area contributed by atoms with E-state index >= 15 is 0 Å². The number of methoxy groups -OCH3 is 1. The summed E-state index contributed by atoms with van der Waals surface area (Å²) in [7, 11) is 1.48. The van der Waals surface area contributed by atoms with E-state index in [1.165, 1.54) is 26.4 Å². The number of carbonyl (C=O) groups is 1. The topological polar surface area (TPSA) is 68.2 Å². The molecular formula is C26H30ClF3N4O2. The number of anilines is 1. The van der Waals surface area contributed by atoms with E-state index in [-0.39, 0.29) is 28.4 Å². The number of halogens is 4. The van der Waals surface area contributed by atoms with Gasteiger partial charge < -0.3 is 15.4 Å². The van der Waals surface area contributed by atoms with Gasteiger partial charge in [0.15, 0.2) is 11.7 Å². The smallest absolute Gasteiger partial charge is 0.410 e. The normalized spacial score (nSPS) is 32.6. The van der Waals surface area contributed by atoms with Gasteiger partial charge in [-0.2, -0.15) is 18.3 Å². The molecule has 10 heteroatoms. The Hall–Kier alpha value is -2.42. The third-order valence-corrected chi connectivity index (χ3v) is 9.17. The number of hydrogen-bond acceptors (Lipinski definition) is 4. The zero-order chi connectivity index (χ0) is 25.2. The van der Waals surface area contributed by atoms with Crippen molar-refractivity contribution in [1.29, 1.82) is 0 Å². The largest absolute Gasteiger partial charge is 0.496 e. The van der Waals surface area contributed by atoms with Crippen molar-refractivity contribution >= 4 is 23.3 Å². The monoisotopic (exact) mass is 522 g/mol. The lowest BCUT2D eigenvalue weighted by Crippen LogP contribution is -2.51. The van der Waals surface area contributed by atoms with Crippen molar-refractivity contribution in [3.8, 4) is 5.75 Å². The first kappa shape index (κ1) is 23.9. The van der Waals surface area contributed by atoms with E-state index in [2.05, 4.69) is 15.7 Å². The summed E-state index contributed by atoms with van der Waals surface area (Å²) < 4.78 is 48.6. The van der Waals surface area contributed by atoms with Crippen LogP contribution in [0.2, 0.25) is 5.02 Å². The Labute approximate surface area is 212 Å². The highest BCUT2D eigenvalue weighted by molar-refractivity contribution is 6.36. The molecule has 1 aromatic carbocycles. The van der Waals surface area contributed by atoms with Gasteiger partial charge in [0.1, 0.15) is 16.6 Å². The number of aromatic nitrogens is 2. The second-order valence-electron chi connectivity index (χ2n) is 11.3. The molecule has 4 fully saturated rings. The number of rotatable bonds is 5. The predicted molar refractivity (Wildman–Crippen MR) is 129 cm³/mol. The third-order valence-electron chi connectivity index (χ3n) is 8.81. The van der Waals surface area contributed by atoms with Crippen molar-refractivity contribution in [3.05, 3.63) is 40.5 Å². The van der Waals surface area contributed by atoms with Crippen molar-refractivity contribution < 1.29 is 22.7 Å². The van der Waals surface area contributed by atoms with Crippen LogP contribution < -0.4 is 15.4 Å². The van der Waals surface area contributed by atoms with Crippen molar-refractivity contribution in [2.75, 3.05) is 19.0 Å². The highest BCUT2D eigenvalue weighted by Gasteiger charge is 2.51. The van der Waals surface area contributed by atoms with Crippen LogP contribution in [-0.4, -0.2) is 35.5 Å². The zero-order valence-corrected chi connectivity index (χ0v) is 20.8. The summed E-state index contributed by atoms with van der Waals surface area (Å²) in [5, 5.41) is 10.1. The number of alkyl halides is 3. The molecule has 2 N–H and O–H groups in total. The minimum absolute atomic E-state index is 0.00102. The molecule has 2 heterocycles. The number of carbonyl (C=O) groups excluding carboxylic acids is 1. The molecule has 1 aliphatic heterocycles. The van der Waals surface area contributed by atoms with E-state index in [0.29, 0.717) is 17.9 Å². The van der Waals surface area contributed by atoms with Crippen molar-refractivity contribution in [3.63, 3.8) is 0 Å². The molecule has 0 spiro atoms. The summed E-state index contributed by atoms with van der Waals surface area (Å²) in [5.41, 5.74) is 0.516. The maximum atomic E-state index is 14.1. The van der Waals surface area contributed by atoms with Crippen LogP contribution in [0.3, 0.4) is 0 Å². The molecule has 5 aliphatic rings. The number of benzene rings is 1. The van der Waals surface area contributed by atoms with Gasteiger partial charge in [-0.05, 0) is 67.8 Å². The fourth-order valence-electron chi connectivity index (χ4n) is 7.75. The van der Waals surface area contributed by atoms with Crippen LogP contribution in [0, 0.1) is 23.2 Å². The first-order valence-corrected chi connectivity index (χ1v) is 13.1. The summed E-state index contributed by atoms with van der Waals surface area (Å²) in [6.07, 6.45) is 2.36. The number of amides is 1. The number of nitrogens with one attached hydrogen (secondary N) is 2. The van der Waals surface area contributed by atoms with E-state index in [1.807, 2.05) is 0 Å². The molecule has 4 aliphatic carbocycles.